The van der Waals surface area contributed by atoms with Gasteiger partial charge in [0, 0.05) is 22.2 Å². The van der Waals surface area contributed by atoms with Gasteiger partial charge in [0.1, 0.15) is 11.6 Å². The zero-order valence-corrected chi connectivity index (χ0v) is 11.3. The third-order valence-electron chi connectivity index (χ3n) is 2.77. The lowest BCUT2D eigenvalue weighted by molar-refractivity contribution is 0.572. The van der Waals surface area contributed by atoms with E-state index in [-0.39, 0.29) is 0 Å². The summed E-state index contributed by atoms with van der Waals surface area (Å²) in [6.07, 6.45) is 0.374. The highest BCUT2D eigenvalue weighted by Crippen LogP contribution is 2.25. The predicted molar refractivity (Wildman–Crippen MR) is 73.5 cm³/mol. The molecule has 0 spiro atoms. The van der Waals surface area contributed by atoms with E-state index in [4.69, 9.17) is 28.9 Å². The van der Waals surface area contributed by atoms with Gasteiger partial charge in [-0.05, 0) is 41.8 Å². The molecule has 0 bridgehead atoms. The Morgan fingerprint density at radius 1 is 1.00 bits per heavy atom. The summed E-state index contributed by atoms with van der Waals surface area (Å²) in [5, 5.41) is 1.01. The molecule has 0 heterocycles. The molecule has 2 aromatic rings. The first kappa shape index (κ1) is 14.3. The maximum Gasteiger partial charge on any atom is 0.126 e. The molecule has 0 aromatic heterocycles. The van der Waals surface area contributed by atoms with Crippen LogP contribution in [0.4, 0.5) is 8.78 Å². The molecule has 0 fully saturated rings. The van der Waals surface area contributed by atoms with E-state index in [0.717, 1.165) is 11.6 Å². The third-order valence-corrected chi connectivity index (χ3v) is 3.35. The van der Waals surface area contributed by atoms with Crippen LogP contribution in [-0.2, 0) is 6.42 Å². The van der Waals surface area contributed by atoms with Gasteiger partial charge in [-0.3, -0.25) is 0 Å². The van der Waals surface area contributed by atoms with Gasteiger partial charge < -0.3 is 5.73 Å². The van der Waals surface area contributed by atoms with Gasteiger partial charge in [0.05, 0.1) is 0 Å². The molecule has 1 unspecified atom stereocenters. The zero-order valence-electron chi connectivity index (χ0n) is 9.84. The van der Waals surface area contributed by atoms with Crippen molar-refractivity contribution in [3.8, 4) is 0 Å². The predicted octanol–water partition coefficient (Wildman–Crippen LogP) is 4.51. The molecule has 0 aliphatic rings. The van der Waals surface area contributed by atoms with Crippen molar-refractivity contribution < 1.29 is 8.78 Å². The van der Waals surface area contributed by atoms with Gasteiger partial charge in [0.2, 0.25) is 0 Å². The van der Waals surface area contributed by atoms with Crippen LogP contribution in [0.1, 0.15) is 17.2 Å². The highest BCUT2D eigenvalue weighted by Gasteiger charge is 2.12. The average molecular weight is 302 g/mol. The van der Waals surface area contributed by atoms with Crippen molar-refractivity contribution in [2.45, 2.75) is 12.5 Å². The molecular weight excluding hydrogens is 291 g/mol. The summed E-state index contributed by atoms with van der Waals surface area (Å²) in [4.78, 5) is 0. The molecule has 2 aromatic carbocycles. The van der Waals surface area contributed by atoms with E-state index in [0.29, 0.717) is 22.0 Å². The minimum Gasteiger partial charge on any atom is -0.324 e. The van der Waals surface area contributed by atoms with E-state index in [1.165, 1.54) is 12.1 Å². The Labute approximate surface area is 119 Å². The van der Waals surface area contributed by atoms with Crippen molar-refractivity contribution >= 4 is 23.2 Å². The van der Waals surface area contributed by atoms with Gasteiger partial charge in [-0.15, -0.1) is 0 Å². The van der Waals surface area contributed by atoms with Crippen LogP contribution in [0, 0.1) is 11.6 Å². The summed E-state index contributed by atoms with van der Waals surface area (Å²) in [5.41, 5.74) is 7.12. The van der Waals surface area contributed by atoms with E-state index in [1.54, 1.807) is 18.2 Å². The maximum atomic E-state index is 13.1. The number of halogens is 4. The van der Waals surface area contributed by atoms with Crippen LogP contribution in [0.5, 0.6) is 0 Å². The summed E-state index contributed by atoms with van der Waals surface area (Å²) in [5.74, 6) is -1.29. The minimum absolute atomic E-state index is 0.374. The van der Waals surface area contributed by atoms with Crippen molar-refractivity contribution in [3.63, 3.8) is 0 Å². The Hall–Kier alpha value is -1.16. The zero-order chi connectivity index (χ0) is 14.0. The molecule has 0 aliphatic heterocycles. The Bertz CT molecular complexity index is 582. The van der Waals surface area contributed by atoms with Crippen LogP contribution in [0.25, 0.3) is 0 Å². The number of rotatable bonds is 3. The number of hydrogen-bond donors (Lipinski definition) is 1. The standard InChI is InChI=1S/C14H11Cl2F2N/c15-10-2-1-8(13(16)6-10)5-14(19)9-3-11(17)7-12(18)4-9/h1-4,6-7,14H,5,19H2. The second kappa shape index (κ2) is 5.87. The molecule has 1 atom stereocenters. The second-order valence-electron chi connectivity index (χ2n) is 4.25. The summed E-state index contributed by atoms with van der Waals surface area (Å²) >= 11 is 11.8. The molecule has 0 aliphatic carbocycles. The third kappa shape index (κ3) is 3.66. The Morgan fingerprint density at radius 2 is 1.63 bits per heavy atom. The van der Waals surface area contributed by atoms with E-state index >= 15 is 0 Å². The molecule has 2 rings (SSSR count). The van der Waals surface area contributed by atoms with Crippen molar-refractivity contribution in [3.05, 3.63) is 69.2 Å². The smallest absolute Gasteiger partial charge is 0.126 e. The molecule has 1 nitrogen and oxygen atoms in total. The van der Waals surface area contributed by atoms with Gasteiger partial charge in [0.25, 0.3) is 0 Å². The largest absolute Gasteiger partial charge is 0.324 e. The first-order valence-corrected chi connectivity index (χ1v) is 6.37. The average Bonchev–Trinajstić information content (AvgIpc) is 2.31. The molecule has 5 heteroatoms. The van der Waals surface area contributed by atoms with Crippen molar-refractivity contribution in [1.82, 2.24) is 0 Å². The minimum atomic E-state index is -0.646. The topological polar surface area (TPSA) is 26.0 Å². The van der Waals surface area contributed by atoms with Crippen LogP contribution in [-0.4, -0.2) is 0 Å². The fourth-order valence-corrected chi connectivity index (χ4v) is 2.32. The van der Waals surface area contributed by atoms with E-state index < -0.39 is 17.7 Å². The summed E-state index contributed by atoms with van der Waals surface area (Å²) in [7, 11) is 0. The highest BCUT2D eigenvalue weighted by molar-refractivity contribution is 6.35. The van der Waals surface area contributed by atoms with Crippen LogP contribution in [0.2, 0.25) is 10.0 Å². The van der Waals surface area contributed by atoms with E-state index in [2.05, 4.69) is 0 Å². The molecular formula is C14H11Cl2F2N. The van der Waals surface area contributed by atoms with Crippen molar-refractivity contribution in [2.24, 2.45) is 5.73 Å². The molecule has 0 radical (unpaired) electrons. The highest BCUT2D eigenvalue weighted by atomic mass is 35.5. The lowest BCUT2D eigenvalue weighted by Crippen LogP contribution is -2.14. The van der Waals surface area contributed by atoms with Crippen molar-refractivity contribution in [1.29, 1.82) is 0 Å². The molecule has 2 N–H and O–H groups in total. The summed E-state index contributed by atoms with van der Waals surface area (Å²) in [6.45, 7) is 0. The van der Waals surface area contributed by atoms with Crippen LogP contribution >= 0.6 is 23.2 Å². The lowest BCUT2D eigenvalue weighted by Gasteiger charge is -2.13. The second-order valence-corrected chi connectivity index (χ2v) is 5.09. The SMILES string of the molecule is NC(Cc1ccc(Cl)cc1Cl)c1cc(F)cc(F)c1. The summed E-state index contributed by atoms with van der Waals surface area (Å²) < 4.78 is 26.2. The Kier molecular flexibility index (Phi) is 4.40. The molecule has 100 valence electrons. The van der Waals surface area contributed by atoms with Crippen LogP contribution in [0.15, 0.2) is 36.4 Å². The lowest BCUT2D eigenvalue weighted by atomic mass is 9.99. The van der Waals surface area contributed by atoms with Gasteiger partial charge >= 0.3 is 0 Å². The fraction of sp³-hybridized carbons (Fsp3) is 0.143. The molecule has 19 heavy (non-hydrogen) atoms. The number of benzene rings is 2. The quantitative estimate of drug-likeness (QED) is 0.886. The van der Waals surface area contributed by atoms with Gasteiger partial charge in [-0.1, -0.05) is 29.3 Å². The Morgan fingerprint density at radius 3 is 2.21 bits per heavy atom. The molecule has 0 saturated heterocycles. The first-order chi connectivity index (χ1) is 8.95. The summed E-state index contributed by atoms with van der Waals surface area (Å²) in [6, 6.07) is 7.77. The van der Waals surface area contributed by atoms with E-state index in [1.807, 2.05) is 0 Å². The van der Waals surface area contributed by atoms with Gasteiger partial charge in [-0.2, -0.15) is 0 Å². The monoisotopic (exact) mass is 301 g/mol. The van der Waals surface area contributed by atoms with Gasteiger partial charge in [0.15, 0.2) is 0 Å². The normalized spacial score (nSPS) is 12.5. The Balaban J connectivity index is 2.22. The van der Waals surface area contributed by atoms with Crippen molar-refractivity contribution in [2.75, 3.05) is 0 Å². The first-order valence-electron chi connectivity index (χ1n) is 5.61. The van der Waals surface area contributed by atoms with Crippen LogP contribution in [0.3, 0.4) is 0 Å². The maximum absolute atomic E-state index is 13.1. The fourth-order valence-electron chi connectivity index (χ4n) is 1.83. The van der Waals surface area contributed by atoms with E-state index in [9.17, 15) is 8.78 Å². The van der Waals surface area contributed by atoms with Gasteiger partial charge in [-0.25, -0.2) is 8.78 Å². The molecule has 0 saturated carbocycles. The number of nitrogens with two attached hydrogens (primary N) is 1. The number of hydrogen-bond acceptors (Lipinski definition) is 1. The van der Waals surface area contributed by atoms with Crippen LogP contribution < -0.4 is 5.73 Å². The molecule has 0 amide bonds.